The average Bonchev–Trinajstić information content (AvgIpc) is 3.07. The molecule has 2 saturated carbocycles. The van der Waals surface area contributed by atoms with Gasteiger partial charge in [0.15, 0.2) is 0 Å². The Kier molecular flexibility index (Phi) is 3.53. The first-order valence-corrected chi connectivity index (χ1v) is 7.27. The van der Waals surface area contributed by atoms with Crippen LogP contribution in [0.15, 0.2) is 18.3 Å². The van der Waals surface area contributed by atoms with E-state index in [0.717, 1.165) is 24.9 Å². The van der Waals surface area contributed by atoms with E-state index in [9.17, 15) is 14.7 Å². The van der Waals surface area contributed by atoms with Crippen LogP contribution < -0.4 is 10.6 Å². The monoisotopic (exact) mass is 289 g/mol. The second-order valence-electron chi connectivity index (χ2n) is 5.88. The molecule has 0 saturated heterocycles. The Bertz CT molecular complexity index is 575. The standard InChI is InChI=1S/C15H19N3O3/c1-16-14(19)11-7-10(4-5-17-11)18-13-9-3-2-8(6-9)12(13)15(20)21/h4-5,7-9,12-13H,2-3,6H2,1H3,(H,16,19)(H,17,18)(H,20,21). The molecule has 2 aliphatic carbocycles. The number of rotatable bonds is 4. The third-order valence-corrected chi connectivity index (χ3v) is 4.75. The molecule has 21 heavy (non-hydrogen) atoms. The van der Waals surface area contributed by atoms with E-state index >= 15 is 0 Å². The molecule has 0 spiro atoms. The van der Waals surface area contributed by atoms with E-state index in [2.05, 4.69) is 15.6 Å². The number of pyridine rings is 1. The van der Waals surface area contributed by atoms with Crippen molar-refractivity contribution in [3.63, 3.8) is 0 Å². The topological polar surface area (TPSA) is 91.3 Å². The maximum absolute atomic E-state index is 11.6. The summed E-state index contributed by atoms with van der Waals surface area (Å²) in [6.45, 7) is 0. The van der Waals surface area contributed by atoms with Crippen molar-refractivity contribution in [1.29, 1.82) is 0 Å². The van der Waals surface area contributed by atoms with Crippen molar-refractivity contribution in [3.8, 4) is 0 Å². The van der Waals surface area contributed by atoms with Crippen molar-refractivity contribution in [2.75, 3.05) is 12.4 Å². The third-order valence-electron chi connectivity index (χ3n) is 4.75. The number of carboxylic acids is 1. The number of hydrogen-bond donors (Lipinski definition) is 3. The molecule has 1 amide bonds. The molecule has 3 N–H and O–H groups in total. The number of aliphatic carboxylic acids is 1. The normalized spacial score (nSPS) is 30.1. The van der Waals surface area contributed by atoms with Crippen LogP contribution in [0, 0.1) is 17.8 Å². The van der Waals surface area contributed by atoms with Gasteiger partial charge >= 0.3 is 5.97 Å². The molecule has 6 nitrogen and oxygen atoms in total. The van der Waals surface area contributed by atoms with Gasteiger partial charge in [0.25, 0.3) is 5.91 Å². The molecule has 6 heteroatoms. The van der Waals surface area contributed by atoms with Gasteiger partial charge in [-0.25, -0.2) is 0 Å². The Morgan fingerprint density at radius 2 is 2.10 bits per heavy atom. The molecule has 0 radical (unpaired) electrons. The van der Waals surface area contributed by atoms with E-state index in [4.69, 9.17) is 0 Å². The second kappa shape index (κ2) is 5.35. The molecule has 2 fully saturated rings. The smallest absolute Gasteiger partial charge is 0.308 e. The van der Waals surface area contributed by atoms with Gasteiger partial charge in [-0.15, -0.1) is 0 Å². The fourth-order valence-electron chi connectivity index (χ4n) is 3.82. The van der Waals surface area contributed by atoms with E-state index in [0.29, 0.717) is 11.6 Å². The Labute approximate surface area is 123 Å². The van der Waals surface area contributed by atoms with Crippen LogP contribution >= 0.6 is 0 Å². The van der Waals surface area contributed by atoms with Crippen molar-refractivity contribution in [2.45, 2.75) is 25.3 Å². The minimum Gasteiger partial charge on any atom is -0.481 e. The highest BCUT2D eigenvalue weighted by Gasteiger charge is 2.51. The molecule has 1 heterocycles. The van der Waals surface area contributed by atoms with Gasteiger partial charge in [-0.2, -0.15) is 0 Å². The number of fused-ring (bicyclic) bond motifs is 2. The van der Waals surface area contributed by atoms with Gasteiger partial charge in [0.1, 0.15) is 5.69 Å². The minimum atomic E-state index is -0.722. The van der Waals surface area contributed by atoms with E-state index in [1.807, 2.05) is 0 Å². The van der Waals surface area contributed by atoms with Crippen molar-refractivity contribution in [3.05, 3.63) is 24.0 Å². The molecule has 2 bridgehead atoms. The summed E-state index contributed by atoms with van der Waals surface area (Å²) in [7, 11) is 1.56. The van der Waals surface area contributed by atoms with Gasteiger partial charge in [-0.1, -0.05) is 0 Å². The fraction of sp³-hybridized carbons (Fsp3) is 0.533. The number of carbonyl (C=O) groups is 2. The highest BCUT2D eigenvalue weighted by molar-refractivity contribution is 5.92. The largest absolute Gasteiger partial charge is 0.481 e. The zero-order valence-electron chi connectivity index (χ0n) is 11.9. The van der Waals surface area contributed by atoms with E-state index in [1.54, 1.807) is 25.4 Å². The number of anilines is 1. The number of amides is 1. The summed E-state index contributed by atoms with van der Waals surface area (Å²) in [5.41, 5.74) is 1.09. The lowest BCUT2D eigenvalue weighted by Gasteiger charge is -2.29. The number of nitrogens with zero attached hydrogens (tertiary/aromatic N) is 1. The first-order chi connectivity index (χ1) is 10.1. The highest BCUT2D eigenvalue weighted by Crippen LogP contribution is 2.49. The number of nitrogens with one attached hydrogen (secondary N) is 2. The molecule has 1 aromatic rings. The van der Waals surface area contributed by atoms with Gasteiger partial charge in [0, 0.05) is 25.0 Å². The first-order valence-electron chi connectivity index (χ1n) is 7.27. The summed E-state index contributed by atoms with van der Waals surface area (Å²) >= 11 is 0. The van der Waals surface area contributed by atoms with Crippen molar-refractivity contribution in [2.24, 2.45) is 17.8 Å². The van der Waals surface area contributed by atoms with Crippen LogP contribution in [0.4, 0.5) is 5.69 Å². The Hall–Kier alpha value is -2.11. The average molecular weight is 289 g/mol. The number of carbonyl (C=O) groups excluding carboxylic acids is 1. The van der Waals surface area contributed by atoms with E-state index in [1.165, 1.54) is 0 Å². The fourth-order valence-corrected chi connectivity index (χ4v) is 3.82. The third kappa shape index (κ3) is 2.46. The molecule has 0 aliphatic heterocycles. The first kappa shape index (κ1) is 13.9. The van der Waals surface area contributed by atoms with E-state index < -0.39 is 5.97 Å². The molecular formula is C15H19N3O3. The van der Waals surface area contributed by atoms with Crippen LogP contribution in [0.25, 0.3) is 0 Å². The van der Waals surface area contributed by atoms with Crippen LogP contribution in [0.1, 0.15) is 29.8 Å². The molecular weight excluding hydrogens is 270 g/mol. The molecule has 0 aromatic carbocycles. The Balaban J connectivity index is 1.80. The summed E-state index contributed by atoms with van der Waals surface area (Å²) < 4.78 is 0. The van der Waals surface area contributed by atoms with Crippen molar-refractivity contribution in [1.82, 2.24) is 10.3 Å². The SMILES string of the molecule is CNC(=O)c1cc(NC2C3CCC(C3)C2C(=O)O)ccn1. The summed E-state index contributed by atoms with van der Waals surface area (Å²) in [6.07, 6.45) is 4.65. The van der Waals surface area contributed by atoms with Crippen LogP contribution in [-0.4, -0.2) is 35.1 Å². The maximum Gasteiger partial charge on any atom is 0.308 e. The quantitative estimate of drug-likeness (QED) is 0.778. The predicted molar refractivity (Wildman–Crippen MR) is 77.0 cm³/mol. The van der Waals surface area contributed by atoms with Gasteiger partial charge in [-0.3, -0.25) is 14.6 Å². The molecule has 4 atom stereocenters. The lowest BCUT2D eigenvalue weighted by Crippen LogP contribution is -2.39. The van der Waals surface area contributed by atoms with Gasteiger partial charge in [0.2, 0.25) is 0 Å². The van der Waals surface area contributed by atoms with Crippen molar-refractivity contribution < 1.29 is 14.7 Å². The summed E-state index contributed by atoms with van der Waals surface area (Å²) in [6, 6.07) is 3.39. The zero-order valence-corrected chi connectivity index (χ0v) is 11.9. The summed E-state index contributed by atoms with van der Waals surface area (Å²) in [4.78, 5) is 27.1. The zero-order chi connectivity index (χ0) is 15.0. The van der Waals surface area contributed by atoms with Crippen LogP contribution in [0.5, 0.6) is 0 Å². The Morgan fingerprint density at radius 1 is 1.33 bits per heavy atom. The van der Waals surface area contributed by atoms with Crippen LogP contribution in [0.2, 0.25) is 0 Å². The number of carboxylic acid groups (broad SMARTS) is 1. The van der Waals surface area contributed by atoms with E-state index in [-0.39, 0.29) is 23.8 Å². The van der Waals surface area contributed by atoms with Crippen molar-refractivity contribution >= 4 is 17.6 Å². The molecule has 1 aromatic heterocycles. The van der Waals surface area contributed by atoms with Gasteiger partial charge < -0.3 is 15.7 Å². The Morgan fingerprint density at radius 3 is 2.81 bits per heavy atom. The summed E-state index contributed by atoms with van der Waals surface area (Å²) in [5, 5.41) is 15.3. The number of hydrogen-bond acceptors (Lipinski definition) is 4. The van der Waals surface area contributed by atoms with Crippen LogP contribution in [-0.2, 0) is 4.79 Å². The molecule has 112 valence electrons. The van der Waals surface area contributed by atoms with Crippen LogP contribution in [0.3, 0.4) is 0 Å². The second-order valence-corrected chi connectivity index (χ2v) is 5.88. The van der Waals surface area contributed by atoms with Gasteiger partial charge in [-0.05, 0) is 43.2 Å². The highest BCUT2D eigenvalue weighted by atomic mass is 16.4. The van der Waals surface area contributed by atoms with Gasteiger partial charge in [0.05, 0.1) is 5.92 Å². The lowest BCUT2D eigenvalue weighted by molar-refractivity contribution is -0.143. The summed E-state index contributed by atoms with van der Waals surface area (Å²) in [5.74, 6) is -0.611. The molecule has 4 unspecified atom stereocenters. The minimum absolute atomic E-state index is 0.0545. The lowest BCUT2D eigenvalue weighted by atomic mass is 9.84. The molecule has 2 aliphatic rings. The predicted octanol–water partition coefficient (Wildman–Crippen LogP) is 1.35. The molecule has 3 rings (SSSR count). The number of aromatic nitrogens is 1. The maximum atomic E-state index is 11.6.